The summed E-state index contributed by atoms with van der Waals surface area (Å²) in [6, 6.07) is 5.33. The highest BCUT2D eigenvalue weighted by Crippen LogP contribution is 2.25. The Labute approximate surface area is 104 Å². The van der Waals surface area contributed by atoms with E-state index in [1.54, 1.807) is 0 Å². The summed E-state index contributed by atoms with van der Waals surface area (Å²) in [4.78, 5) is 2.50. The molecule has 1 saturated heterocycles. The van der Waals surface area contributed by atoms with Crippen LogP contribution in [0.15, 0.2) is 16.5 Å². The molecule has 0 amide bonds. The molecule has 96 valence electrons. The molecule has 2 rings (SSSR count). The molecule has 2 N–H and O–H groups in total. The SMILES string of the molecule is CCc1ccc(CN2C(C)CCCC2CN)o1. The highest BCUT2D eigenvalue weighted by molar-refractivity contribution is 5.07. The highest BCUT2D eigenvalue weighted by atomic mass is 16.3. The Bertz CT molecular complexity index is 348. The van der Waals surface area contributed by atoms with E-state index >= 15 is 0 Å². The van der Waals surface area contributed by atoms with Crippen LogP contribution in [0.25, 0.3) is 0 Å². The lowest BCUT2D eigenvalue weighted by molar-refractivity contribution is 0.0810. The highest BCUT2D eigenvalue weighted by Gasteiger charge is 2.27. The Hall–Kier alpha value is -0.800. The predicted octanol–water partition coefficient (Wildman–Crippen LogP) is 2.54. The van der Waals surface area contributed by atoms with Crippen molar-refractivity contribution in [2.75, 3.05) is 6.54 Å². The zero-order chi connectivity index (χ0) is 12.3. The Morgan fingerprint density at radius 3 is 2.76 bits per heavy atom. The van der Waals surface area contributed by atoms with Gasteiger partial charge in [-0.1, -0.05) is 13.3 Å². The van der Waals surface area contributed by atoms with Crippen LogP contribution in [-0.4, -0.2) is 23.5 Å². The summed E-state index contributed by atoms with van der Waals surface area (Å²) < 4.78 is 5.79. The average molecular weight is 236 g/mol. The summed E-state index contributed by atoms with van der Waals surface area (Å²) in [6.45, 7) is 6.08. The summed E-state index contributed by atoms with van der Waals surface area (Å²) >= 11 is 0. The van der Waals surface area contributed by atoms with Gasteiger partial charge in [-0.2, -0.15) is 0 Å². The van der Waals surface area contributed by atoms with Crippen molar-refractivity contribution in [3.63, 3.8) is 0 Å². The van der Waals surface area contributed by atoms with E-state index in [4.69, 9.17) is 10.2 Å². The molecule has 2 unspecified atom stereocenters. The van der Waals surface area contributed by atoms with E-state index in [0.717, 1.165) is 31.0 Å². The fourth-order valence-corrected chi connectivity index (χ4v) is 2.76. The summed E-state index contributed by atoms with van der Waals surface area (Å²) in [5.41, 5.74) is 5.87. The van der Waals surface area contributed by atoms with E-state index in [1.807, 2.05) is 0 Å². The van der Waals surface area contributed by atoms with E-state index in [0.29, 0.717) is 12.1 Å². The summed E-state index contributed by atoms with van der Waals surface area (Å²) in [7, 11) is 0. The second-order valence-electron chi connectivity index (χ2n) is 5.06. The van der Waals surface area contributed by atoms with Gasteiger partial charge in [0.1, 0.15) is 11.5 Å². The molecule has 3 heteroatoms. The zero-order valence-electron chi connectivity index (χ0n) is 11.0. The van der Waals surface area contributed by atoms with Crippen molar-refractivity contribution < 1.29 is 4.42 Å². The molecule has 0 radical (unpaired) electrons. The fraction of sp³-hybridized carbons (Fsp3) is 0.714. The number of nitrogens with zero attached hydrogens (tertiary/aromatic N) is 1. The van der Waals surface area contributed by atoms with Gasteiger partial charge in [0.2, 0.25) is 0 Å². The van der Waals surface area contributed by atoms with Gasteiger partial charge in [0.25, 0.3) is 0 Å². The van der Waals surface area contributed by atoms with Gasteiger partial charge >= 0.3 is 0 Å². The molecule has 1 aromatic rings. The van der Waals surface area contributed by atoms with Gasteiger partial charge in [-0.25, -0.2) is 0 Å². The predicted molar refractivity (Wildman–Crippen MR) is 69.8 cm³/mol. The summed E-state index contributed by atoms with van der Waals surface area (Å²) in [5.74, 6) is 2.16. The van der Waals surface area contributed by atoms with Crippen molar-refractivity contribution in [1.29, 1.82) is 0 Å². The van der Waals surface area contributed by atoms with Crippen LogP contribution in [0.3, 0.4) is 0 Å². The first kappa shape index (κ1) is 12.7. The van der Waals surface area contributed by atoms with Crippen LogP contribution < -0.4 is 5.73 Å². The first-order valence-corrected chi connectivity index (χ1v) is 6.78. The van der Waals surface area contributed by atoms with Crippen LogP contribution in [0.1, 0.15) is 44.6 Å². The van der Waals surface area contributed by atoms with E-state index < -0.39 is 0 Å². The van der Waals surface area contributed by atoms with E-state index in [-0.39, 0.29) is 0 Å². The molecule has 17 heavy (non-hydrogen) atoms. The van der Waals surface area contributed by atoms with Crippen molar-refractivity contribution in [3.05, 3.63) is 23.7 Å². The van der Waals surface area contributed by atoms with Crippen molar-refractivity contribution >= 4 is 0 Å². The Kier molecular flexibility index (Phi) is 4.24. The van der Waals surface area contributed by atoms with Gasteiger partial charge in [0, 0.05) is 25.0 Å². The molecule has 0 bridgehead atoms. The summed E-state index contributed by atoms with van der Waals surface area (Å²) in [5, 5.41) is 0. The molecule has 0 spiro atoms. The molecule has 1 aromatic heterocycles. The maximum atomic E-state index is 5.87. The molecular weight excluding hydrogens is 212 g/mol. The van der Waals surface area contributed by atoms with Crippen LogP contribution in [0.5, 0.6) is 0 Å². The zero-order valence-corrected chi connectivity index (χ0v) is 11.0. The minimum atomic E-state index is 0.522. The van der Waals surface area contributed by atoms with E-state index in [1.165, 1.54) is 19.3 Å². The lowest BCUT2D eigenvalue weighted by atomic mass is 9.96. The maximum Gasteiger partial charge on any atom is 0.118 e. The first-order valence-electron chi connectivity index (χ1n) is 6.78. The quantitative estimate of drug-likeness (QED) is 0.873. The Morgan fingerprint density at radius 2 is 2.12 bits per heavy atom. The second-order valence-corrected chi connectivity index (χ2v) is 5.06. The van der Waals surface area contributed by atoms with Crippen molar-refractivity contribution in [3.8, 4) is 0 Å². The third-order valence-electron chi connectivity index (χ3n) is 3.87. The molecule has 0 saturated carbocycles. The number of furan rings is 1. The fourth-order valence-electron chi connectivity index (χ4n) is 2.76. The molecular formula is C14H24N2O. The smallest absolute Gasteiger partial charge is 0.118 e. The molecule has 3 nitrogen and oxygen atoms in total. The Balaban J connectivity index is 2.03. The standard InChI is InChI=1S/C14H24N2O/c1-3-13-7-8-14(17-13)10-16-11(2)5-4-6-12(16)9-15/h7-8,11-12H,3-6,9-10,15H2,1-2H3. The molecule has 0 aromatic carbocycles. The van der Waals surface area contributed by atoms with Crippen molar-refractivity contribution in [1.82, 2.24) is 4.90 Å². The lowest BCUT2D eigenvalue weighted by Crippen LogP contribution is -2.48. The minimum absolute atomic E-state index is 0.522. The average Bonchev–Trinajstić information content (AvgIpc) is 2.79. The van der Waals surface area contributed by atoms with Gasteiger partial charge in [0.15, 0.2) is 0 Å². The van der Waals surface area contributed by atoms with E-state index in [9.17, 15) is 0 Å². The van der Waals surface area contributed by atoms with Crippen molar-refractivity contribution in [2.24, 2.45) is 5.73 Å². The topological polar surface area (TPSA) is 42.4 Å². The van der Waals surface area contributed by atoms with Gasteiger partial charge in [-0.3, -0.25) is 4.90 Å². The number of hydrogen-bond donors (Lipinski definition) is 1. The van der Waals surface area contributed by atoms with Crippen LogP contribution in [-0.2, 0) is 13.0 Å². The van der Waals surface area contributed by atoms with Crippen molar-refractivity contribution in [2.45, 2.75) is 58.2 Å². The normalized spacial score (nSPS) is 26.3. The molecule has 0 aliphatic carbocycles. The van der Waals surface area contributed by atoms with Gasteiger partial charge < -0.3 is 10.2 Å². The number of rotatable bonds is 4. The molecule has 1 aliphatic heterocycles. The van der Waals surface area contributed by atoms with Crippen LogP contribution in [0, 0.1) is 0 Å². The maximum absolute atomic E-state index is 5.87. The molecule has 2 atom stereocenters. The number of nitrogens with two attached hydrogens (primary N) is 1. The monoisotopic (exact) mass is 236 g/mol. The number of likely N-dealkylation sites (tertiary alicyclic amines) is 1. The third-order valence-corrected chi connectivity index (χ3v) is 3.87. The largest absolute Gasteiger partial charge is 0.465 e. The number of piperidine rings is 1. The number of aryl methyl sites for hydroxylation is 1. The summed E-state index contributed by atoms with van der Waals surface area (Å²) in [6.07, 6.45) is 4.77. The Morgan fingerprint density at radius 1 is 1.35 bits per heavy atom. The number of hydrogen-bond acceptors (Lipinski definition) is 3. The van der Waals surface area contributed by atoms with Gasteiger partial charge in [0.05, 0.1) is 6.54 Å². The lowest BCUT2D eigenvalue weighted by Gasteiger charge is -2.39. The van der Waals surface area contributed by atoms with Crippen LogP contribution in [0.4, 0.5) is 0 Å². The third kappa shape index (κ3) is 2.90. The van der Waals surface area contributed by atoms with Gasteiger partial charge in [-0.05, 0) is 31.9 Å². The minimum Gasteiger partial charge on any atom is -0.465 e. The second kappa shape index (κ2) is 5.69. The molecule has 2 heterocycles. The molecule has 1 fully saturated rings. The van der Waals surface area contributed by atoms with E-state index in [2.05, 4.69) is 30.9 Å². The van der Waals surface area contributed by atoms with Crippen LogP contribution >= 0.6 is 0 Å². The van der Waals surface area contributed by atoms with Gasteiger partial charge in [-0.15, -0.1) is 0 Å². The molecule has 1 aliphatic rings. The van der Waals surface area contributed by atoms with Crippen LogP contribution in [0.2, 0.25) is 0 Å². The first-order chi connectivity index (χ1) is 8.24.